The molecule has 5 nitrogen and oxygen atoms in total. The number of carbonyl (C=O) groups is 2. The van der Waals surface area contributed by atoms with Crippen LogP contribution in [0, 0.1) is 0 Å². The number of methoxy groups -OCH3 is 3. The molecule has 1 aliphatic carbocycles. The Hall–Kier alpha value is -2.82. The van der Waals surface area contributed by atoms with Crippen molar-refractivity contribution in [3.05, 3.63) is 53.1 Å². The van der Waals surface area contributed by atoms with Gasteiger partial charge in [0.05, 0.1) is 21.3 Å². The first-order valence-electron chi connectivity index (χ1n) is 7.09. The molecule has 0 aliphatic heterocycles. The molecule has 0 spiro atoms. The third-order valence-corrected chi connectivity index (χ3v) is 4.03. The molecule has 0 unspecified atom stereocenters. The number of benzene rings is 2. The summed E-state index contributed by atoms with van der Waals surface area (Å²) in [6.45, 7) is 0. The lowest BCUT2D eigenvalue weighted by Gasteiger charge is -2.16. The van der Waals surface area contributed by atoms with Gasteiger partial charge >= 0.3 is 0 Å². The molecule has 0 saturated carbocycles. The lowest BCUT2D eigenvalue weighted by molar-refractivity contribution is 0.0888. The van der Waals surface area contributed by atoms with E-state index < -0.39 is 5.92 Å². The summed E-state index contributed by atoms with van der Waals surface area (Å²) in [7, 11) is 4.50. The van der Waals surface area contributed by atoms with Crippen molar-refractivity contribution in [3.8, 4) is 17.2 Å². The molecule has 0 N–H and O–H groups in total. The van der Waals surface area contributed by atoms with Gasteiger partial charge in [0.1, 0.15) is 11.7 Å². The third-order valence-electron chi connectivity index (χ3n) is 4.03. The van der Waals surface area contributed by atoms with Crippen molar-refractivity contribution >= 4 is 11.6 Å². The maximum Gasteiger partial charge on any atom is 0.178 e. The van der Waals surface area contributed by atoms with Crippen LogP contribution in [0.5, 0.6) is 17.2 Å². The molecule has 0 bridgehead atoms. The number of fused-ring (bicyclic) bond motifs is 1. The zero-order valence-corrected chi connectivity index (χ0v) is 13.1. The summed E-state index contributed by atoms with van der Waals surface area (Å²) in [5.41, 5.74) is 1.37. The molecular formula is C18H16O5. The predicted molar refractivity (Wildman–Crippen MR) is 83.9 cm³/mol. The van der Waals surface area contributed by atoms with Gasteiger partial charge in [0.25, 0.3) is 0 Å². The third kappa shape index (κ3) is 2.25. The van der Waals surface area contributed by atoms with E-state index in [1.165, 1.54) is 21.3 Å². The summed E-state index contributed by atoms with van der Waals surface area (Å²) >= 11 is 0. The molecular weight excluding hydrogens is 296 g/mol. The van der Waals surface area contributed by atoms with Crippen LogP contribution in [0.25, 0.3) is 0 Å². The van der Waals surface area contributed by atoms with Crippen molar-refractivity contribution in [1.82, 2.24) is 0 Å². The summed E-state index contributed by atoms with van der Waals surface area (Å²) < 4.78 is 15.9. The van der Waals surface area contributed by atoms with Crippen LogP contribution in [0.3, 0.4) is 0 Å². The molecule has 118 valence electrons. The Morgan fingerprint density at radius 3 is 1.70 bits per heavy atom. The van der Waals surface area contributed by atoms with E-state index in [1.54, 1.807) is 36.4 Å². The number of ether oxygens (including phenoxy) is 3. The van der Waals surface area contributed by atoms with E-state index in [-0.39, 0.29) is 11.6 Å². The zero-order chi connectivity index (χ0) is 16.6. The largest absolute Gasteiger partial charge is 0.496 e. The SMILES string of the molecule is COc1cc(OC)c(C2C(=O)c3ccccc3C2=O)cc1OC. The molecule has 0 amide bonds. The predicted octanol–water partition coefficient (Wildman–Crippen LogP) is 2.88. The van der Waals surface area contributed by atoms with Crippen molar-refractivity contribution < 1.29 is 23.8 Å². The topological polar surface area (TPSA) is 61.8 Å². The Kier molecular flexibility index (Phi) is 3.78. The fraction of sp³-hybridized carbons (Fsp3) is 0.222. The van der Waals surface area contributed by atoms with E-state index in [0.29, 0.717) is 33.9 Å². The first-order valence-corrected chi connectivity index (χ1v) is 7.09. The fourth-order valence-electron chi connectivity index (χ4n) is 2.90. The molecule has 0 atom stereocenters. The van der Waals surface area contributed by atoms with Gasteiger partial charge in [0.15, 0.2) is 23.1 Å². The Bertz CT molecular complexity index is 759. The molecule has 1 aliphatic rings. The number of hydrogen-bond donors (Lipinski definition) is 0. The lowest BCUT2D eigenvalue weighted by atomic mass is 9.93. The fourth-order valence-corrected chi connectivity index (χ4v) is 2.90. The summed E-state index contributed by atoms with van der Waals surface area (Å²) in [5, 5.41) is 0. The number of Topliss-reactive ketones (excluding diaryl/α,β-unsaturated/α-hetero) is 2. The van der Waals surface area contributed by atoms with Gasteiger partial charge in [-0.25, -0.2) is 0 Å². The molecule has 23 heavy (non-hydrogen) atoms. The van der Waals surface area contributed by atoms with E-state index in [4.69, 9.17) is 14.2 Å². The molecule has 3 rings (SSSR count). The van der Waals surface area contributed by atoms with Gasteiger partial charge in [-0.3, -0.25) is 9.59 Å². The van der Waals surface area contributed by atoms with Crippen LogP contribution in [-0.4, -0.2) is 32.9 Å². The number of ketones is 2. The van der Waals surface area contributed by atoms with Gasteiger partial charge < -0.3 is 14.2 Å². The standard InChI is InChI=1S/C18H16O5/c1-21-13-9-15(23-3)14(22-2)8-12(13)16-17(19)10-6-4-5-7-11(10)18(16)20/h4-9,16H,1-3H3. The molecule has 0 heterocycles. The second-order valence-electron chi connectivity index (χ2n) is 5.16. The first kappa shape index (κ1) is 15.1. The average molecular weight is 312 g/mol. The van der Waals surface area contributed by atoms with Crippen LogP contribution in [0.2, 0.25) is 0 Å². The van der Waals surface area contributed by atoms with Gasteiger partial charge in [0.2, 0.25) is 0 Å². The second-order valence-corrected chi connectivity index (χ2v) is 5.16. The van der Waals surface area contributed by atoms with Gasteiger partial charge in [-0.2, -0.15) is 0 Å². The molecule has 2 aromatic rings. The van der Waals surface area contributed by atoms with Crippen molar-refractivity contribution in [1.29, 1.82) is 0 Å². The number of hydrogen-bond acceptors (Lipinski definition) is 5. The van der Waals surface area contributed by atoms with Crippen LogP contribution >= 0.6 is 0 Å². The highest BCUT2D eigenvalue weighted by Crippen LogP contribution is 2.42. The maximum atomic E-state index is 12.7. The molecule has 5 heteroatoms. The molecule has 2 aromatic carbocycles. The van der Waals surface area contributed by atoms with Crippen molar-refractivity contribution in [2.24, 2.45) is 0 Å². The van der Waals surface area contributed by atoms with Crippen LogP contribution in [0.1, 0.15) is 32.2 Å². The van der Waals surface area contributed by atoms with Gasteiger partial charge in [-0.15, -0.1) is 0 Å². The van der Waals surface area contributed by atoms with Gasteiger partial charge in [0, 0.05) is 22.8 Å². The summed E-state index contributed by atoms with van der Waals surface area (Å²) in [5.74, 6) is -0.0279. The maximum absolute atomic E-state index is 12.7. The van der Waals surface area contributed by atoms with Crippen molar-refractivity contribution in [2.45, 2.75) is 5.92 Å². The van der Waals surface area contributed by atoms with Crippen LogP contribution in [0.15, 0.2) is 36.4 Å². The Labute approximate surface area is 133 Å². The summed E-state index contributed by atoms with van der Waals surface area (Å²) in [6.07, 6.45) is 0. The molecule has 0 fully saturated rings. The highest BCUT2D eigenvalue weighted by molar-refractivity contribution is 6.29. The minimum Gasteiger partial charge on any atom is -0.496 e. The minimum atomic E-state index is -0.915. The molecule has 0 saturated heterocycles. The summed E-state index contributed by atoms with van der Waals surface area (Å²) in [4.78, 5) is 25.4. The van der Waals surface area contributed by atoms with Crippen LogP contribution in [0.4, 0.5) is 0 Å². The highest BCUT2D eigenvalue weighted by Gasteiger charge is 2.41. The summed E-state index contributed by atoms with van der Waals surface area (Å²) in [6, 6.07) is 10.1. The van der Waals surface area contributed by atoms with Crippen LogP contribution < -0.4 is 14.2 Å². The van der Waals surface area contributed by atoms with Gasteiger partial charge in [-0.05, 0) is 6.07 Å². The van der Waals surface area contributed by atoms with E-state index in [0.717, 1.165) is 0 Å². The van der Waals surface area contributed by atoms with E-state index in [1.807, 2.05) is 0 Å². The zero-order valence-electron chi connectivity index (χ0n) is 13.1. The van der Waals surface area contributed by atoms with Crippen molar-refractivity contribution in [3.63, 3.8) is 0 Å². The lowest BCUT2D eigenvalue weighted by Crippen LogP contribution is -2.14. The number of carbonyl (C=O) groups excluding carboxylic acids is 2. The van der Waals surface area contributed by atoms with Crippen LogP contribution in [-0.2, 0) is 0 Å². The average Bonchev–Trinajstić information content (AvgIpc) is 2.85. The molecule has 0 aromatic heterocycles. The Morgan fingerprint density at radius 2 is 1.22 bits per heavy atom. The second kappa shape index (κ2) is 5.76. The molecule has 0 radical (unpaired) electrons. The first-order chi connectivity index (χ1) is 11.1. The number of rotatable bonds is 4. The van der Waals surface area contributed by atoms with E-state index >= 15 is 0 Å². The van der Waals surface area contributed by atoms with Crippen molar-refractivity contribution in [2.75, 3.05) is 21.3 Å². The quantitative estimate of drug-likeness (QED) is 0.812. The minimum absolute atomic E-state index is 0.226. The Morgan fingerprint density at radius 1 is 0.739 bits per heavy atom. The monoisotopic (exact) mass is 312 g/mol. The van der Waals surface area contributed by atoms with E-state index in [2.05, 4.69) is 0 Å². The smallest absolute Gasteiger partial charge is 0.178 e. The Balaban J connectivity index is 2.16. The van der Waals surface area contributed by atoms with Gasteiger partial charge in [-0.1, -0.05) is 24.3 Å². The van der Waals surface area contributed by atoms with E-state index in [9.17, 15) is 9.59 Å². The highest BCUT2D eigenvalue weighted by atomic mass is 16.5. The normalized spacial score (nSPS) is 13.9.